The molecule has 0 unspecified atom stereocenters. The van der Waals surface area contributed by atoms with Crippen molar-refractivity contribution in [3.8, 4) is 5.75 Å². The molecule has 0 bridgehead atoms. The number of hydrogen-bond donors (Lipinski definition) is 1. The first kappa shape index (κ1) is 16.0. The van der Waals surface area contributed by atoms with Crippen LogP contribution in [-0.2, 0) is 18.1 Å². The molecule has 0 radical (unpaired) electrons. The van der Waals surface area contributed by atoms with Crippen molar-refractivity contribution in [3.63, 3.8) is 0 Å². The topological polar surface area (TPSA) is 42.4 Å². The van der Waals surface area contributed by atoms with Crippen molar-refractivity contribution >= 4 is 15.9 Å². The first-order valence-corrected chi connectivity index (χ1v) is 5.73. The summed E-state index contributed by atoms with van der Waals surface area (Å²) in [5, 5.41) is 8.73. The van der Waals surface area contributed by atoms with Crippen molar-refractivity contribution < 1.29 is 36.2 Å². The van der Waals surface area contributed by atoms with Gasteiger partial charge in [0.2, 0.25) is 0 Å². The lowest BCUT2D eigenvalue weighted by Crippen LogP contribution is -2.22. The van der Waals surface area contributed by atoms with Crippen LogP contribution in [0.25, 0.3) is 0 Å². The van der Waals surface area contributed by atoms with E-state index in [2.05, 4.69) is 25.7 Å². The van der Waals surface area contributed by atoms with Gasteiger partial charge in [0.05, 0.1) is 12.3 Å². The van der Waals surface area contributed by atoms with E-state index in [1.54, 1.807) is 0 Å². The summed E-state index contributed by atoms with van der Waals surface area (Å²) >= 11 is 2.83. The summed E-state index contributed by atoms with van der Waals surface area (Å²) < 4.78 is 77.2. The zero-order chi connectivity index (χ0) is 14.8. The largest absolute Gasteiger partial charge is 0.573 e. The molecular weight excluding hydrogens is 348 g/mol. The Morgan fingerprint density at radius 1 is 1.21 bits per heavy atom. The fraction of sp³-hybridized carbons (Fsp3) is 0.444. The van der Waals surface area contributed by atoms with Gasteiger partial charge < -0.3 is 9.84 Å². The number of rotatable bonds is 3. The van der Waals surface area contributed by atoms with E-state index in [0.29, 0.717) is 6.07 Å². The van der Waals surface area contributed by atoms with E-state index >= 15 is 0 Å². The molecular formula is C9H6BrF6NO2. The molecule has 1 rings (SSSR count). The molecule has 0 aliphatic carbocycles. The second-order valence-electron chi connectivity index (χ2n) is 3.28. The van der Waals surface area contributed by atoms with Crippen LogP contribution < -0.4 is 4.74 Å². The maximum atomic E-state index is 12.6. The minimum atomic E-state index is -5.29. The van der Waals surface area contributed by atoms with Crippen molar-refractivity contribution in [2.24, 2.45) is 0 Å². The van der Waals surface area contributed by atoms with E-state index in [1.165, 1.54) is 0 Å². The number of alkyl halides is 7. The second-order valence-corrected chi connectivity index (χ2v) is 3.84. The highest BCUT2D eigenvalue weighted by atomic mass is 79.9. The Morgan fingerprint density at radius 3 is 2.16 bits per heavy atom. The summed E-state index contributed by atoms with van der Waals surface area (Å²) in [5.74, 6) is -1.49. The molecule has 0 saturated heterocycles. The highest BCUT2D eigenvalue weighted by molar-refractivity contribution is 9.08. The number of pyridine rings is 1. The highest BCUT2D eigenvalue weighted by Gasteiger charge is 2.41. The molecule has 0 saturated carbocycles. The average molecular weight is 354 g/mol. The lowest BCUT2D eigenvalue weighted by Gasteiger charge is -2.17. The van der Waals surface area contributed by atoms with Crippen molar-refractivity contribution in [2.45, 2.75) is 24.5 Å². The molecule has 3 nitrogen and oxygen atoms in total. The average Bonchev–Trinajstić information content (AvgIpc) is 2.24. The Bertz CT molecular complexity index is 459. The van der Waals surface area contributed by atoms with Gasteiger partial charge in [-0.3, -0.25) is 0 Å². The van der Waals surface area contributed by atoms with Crippen LogP contribution in [0.1, 0.15) is 17.0 Å². The van der Waals surface area contributed by atoms with Crippen LogP contribution in [0.3, 0.4) is 0 Å². The van der Waals surface area contributed by atoms with E-state index < -0.39 is 30.6 Å². The maximum absolute atomic E-state index is 12.6. The van der Waals surface area contributed by atoms with Gasteiger partial charge in [0, 0.05) is 10.9 Å². The molecule has 10 heteroatoms. The summed E-state index contributed by atoms with van der Waals surface area (Å²) in [7, 11) is 0. The highest BCUT2D eigenvalue weighted by Crippen LogP contribution is 2.38. The van der Waals surface area contributed by atoms with Crippen LogP contribution in [0, 0.1) is 0 Å². The van der Waals surface area contributed by atoms with E-state index in [0.717, 1.165) is 0 Å². The van der Waals surface area contributed by atoms with Gasteiger partial charge in [-0.15, -0.1) is 13.2 Å². The van der Waals surface area contributed by atoms with E-state index in [-0.39, 0.29) is 16.6 Å². The Morgan fingerprint density at radius 2 is 1.79 bits per heavy atom. The number of ether oxygens (including phenoxy) is 1. The maximum Gasteiger partial charge on any atom is 0.573 e. The molecule has 0 atom stereocenters. The Labute approximate surface area is 111 Å². The number of aliphatic hydroxyl groups is 1. The smallest absolute Gasteiger partial charge is 0.403 e. The van der Waals surface area contributed by atoms with Crippen LogP contribution in [0.15, 0.2) is 6.07 Å². The molecule has 1 N–H and O–H groups in total. The number of aromatic nitrogens is 1. The van der Waals surface area contributed by atoms with Crippen LogP contribution in [0.4, 0.5) is 26.3 Å². The minimum Gasteiger partial charge on any atom is -0.403 e. The summed E-state index contributed by atoms with van der Waals surface area (Å²) in [4.78, 5) is 3.06. The Kier molecular flexibility index (Phi) is 4.67. The first-order chi connectivity index (χ1) is 8.58. The number of halogens is 7. The molecule has 108 valence electrons. The number of aliphatic hydroxyl groups excluding tert-OH is 1. The van der Waals surface area contributed by atoms with Crippen molar-refractivity contribution in [2.75, 3.05) is 0 Å². The first-order valence-electron chi connectivity index (χ1n) is 4.61. The van der Waals surface area contributed by atoms with Crippen LogP contribution in [0.5, 0.6) is 5.75 Å². The summed E-state index contributed by atoms with van der Waals surface area (Å²) in [5.41, 5.74) is -2.20. The summed E-state index contributed by atoms with van der Waals surface area (Å²) in [6, 6.07) is 0.472. The Hall–Kier alpha value is -1.03. The Balaban J connectivity index is 3.41. The van der Waals surface area contributed by atoms with Crippen LogP contribution in [0.2, 0.25) is 0 Å². The van der Waals surface area contributed by atoms with Gasteiger partial charge in [-0.25, -0.2) is 4.98 Å². The van der Waals surface area contributed by atoms with Gasteiger partial charge >= 0.3 is 12.5 Å². The van der Waals surface area contributed by atoms with Gasteiger partial charge in [0.15, 0.2) is 11.4 Å². The van der Waals surface area contributed by atoms with Crippen molar-refractivity contribution in [1.82, 2.24) is 4.98 Å². The zero-order valence-corrected chi connectivity index (χ0v) is 10.5. The molecule has 1 aromatic rings. The van der Waals surface area contributed by atoms with E-state index in [9.17, 15) is 26.3 Å². The van der Waals surface area contributed by atoms with Crippen molar-refractivity contribution in [1.29, 1.82) is 0 Å². The van der Waals surface area contributed by atoms with Gasteiger partial charge in [0.25, 0.3) is 0 Å². The third kappa shape index (κ3) is 4.23. The summed E-state index contributed by atoms with van der Waals surface area (Å²) in [6.07, 6.45) is -10.4. The monoisotopic (exact) mass is 353 g/mol. The van der Waals surface area contributed by atoms with E-state index in [4.69, 9.17) is 5.11 Å². The number of hydrogen-bond acceptors (Lipinski definition) is 3. The molecule has 19 heavy (non-hydrogen) atoms. The molecule has 1 aromatic heterocycles. The predicted molar refractivity (Wildman–Crippen MR) is 54.5 cm³/mol. The van der Waals surface area contributed by atoms with Gasteiger partial charge in [-0.05, 0) is 6.07 Å². The quantitative estimate of drug-likeness (QED) is 0.669. The predicted octanol–water partition coefficient (Wildman–Crippen LogP) is 3.39. The van der Waals surface area contributed by atoms with Gasteiger partial charge in [-0.2, -0.15) is 13.2 Å². The van der Waals surface area contributed by atoms with Crippen molar-refractivity contribution in [3.05, 3.63) is 23.0 Å². The molecule has 0 aliphatic heterocycles. The lowest BCUT2D eigenvalue weighted by molar-refractivity contribution is -0.276. The van der Waals surface area contributed by atoms with Gasteiger partial charge in [-0.1, -0.05) is 15.9 Å². The fourth-order valence-corrected chi connectivity index (χ4v) is 1.72. The normalized spacial score (nSPS) is 12.6. The molecule has 0 amide bonds. The van der Waals surface area contributed by atoms with E-state index in [1.807, 2.05) is 0 Å². The fourth-order valence-electron chi connectivity index (χ4n) is 1.23. The summed E-state index contributed by atoms with van der Waals surface area (Å²) in [6.45, 7) is -0.764. The minimum absolute atomic E-state index is 0.154. The third-order valence-corrected chi connectivity index (χ3v) is 2.48. The number of nitrogens with zero attached hydrogens (tertiary/aromatic N) is 1. The van der Waals surface area contributed by atoms with Crippen LogP contribution in [-0.4, -0.2) is 16.5 Å². The standard InChI is InChI=1S/C9H6BrF6NO2/c10-2-5-4(3-18)1-6(19-9(14,15)16)7(17-5)8(11,12)13/h1,18H,2-3H2. The molecule has 0 spiro atoms. The third-order valence-electron chi connectivity index (χ3n) is 1.95. The molecule has 0 aromatic carbocycles. The van der Waals surface area contributed by atoms with Crippen LogP contribution >= 0.6 is 15.9 Å². The van der Waals surface area contributed by atoms with Gasteiger partial charge in [0.1, 0.15) is 0 Å². The molecule has 1 heterocycles. The molecule has 0 fully saturated rings. The zero-order valence-electron chi connectivity index (χ0n) is 8.94. The lowest BCUT2D eigenvalue weighted by atomic mass is 10.1. The molecule has 0 aliphatic rings. The second kappa shape index (κ2) is 5.53. The SMILES string of the molecule is OCc1cc(OC(F)(F)F)c(C(F)(F)F)nc1CBr.